The number of hydrogen-bond acceptors (Lipinski definition) is 2. The van der Waals surface area contributed by atoms with E-state index in [2.05, 4.69) is 18.4 Å². The Morgan fingerprint density at radius 3 is 2.53 bits per heavy atom. The Kier molecular flexibility index (Phi) is 5.68. The van der Waals surface area contributed by atoms with Crippen LogP contribution in [-0.4, -0.2) is 6.04 Å². The second-order valence-electron chi connectivity index (χ2n) is 5.76. The first-order valence-corrected chi connectivity index (χ1v) is 7.82. The lowest BCUT2D eigenvalue weighted by atomic mass is 9.76. The van der Waals surface area contributed by atoms with E-state index in [0.29, 0.717) is 12.0 Å². The average molecular weight is 281 g/mol. The fraction of sp³-hybridized carbons (Fsp3) is 0.625. The van der Waals surface area contributed by atoms with Gasteiger partial charge in [0.05, 0.1) is 0 Å². The molecule has 19 heavy (non-hydrogen) atoms. The maximum Gasteiger partial charge on any atom is 0.0438 e. The molecule has 0 aromatic heterocycles. The van der Waals surface area contributed by atoms with Crippen LogP contribution in [0, 0.1) is 11.8 Å². The van der Waals surface area contributed by atoms with Crippen molar-refractivity contribution in [2.24, 2.45) is 17.7 Å². The van der Waals surface area contributed by atoms with Gasteiger partial charge in [0.25, 0.3) is 0 Å². The van der Waals surface area contributed by atoms with Crippen molar-refractivity contribution in [1.29, 1.82) is 0 Å². The van der Waals surface area contributed by atoms with Crippen molar-refractivity contribution in [3.8, 4) is 0 Å². The lowest BCUT2D eigenvalue weighted by Gasteiger charge is -2.33. The summed E-state index contributed by atoms with van der Waals surface area (Å²) >= 11 is 6.24. The van der Waals surface area contributed by atoms with Crippen LogP contribution >= 0.6 is 11.6 Å². The first-order valence-electron chi connectivity index (χ1n) is 7.44. The van der Waals surface area contributed by atoms with Crippen LogP contribution in [0.4, 0.5) is 0 Å². The van der Waals surface area contributed by atoms with Gasteiger partial charge in [-0.25, -0.2) is 0 Å². The normalized spacial score (nSPS) is 25.2. The van der Waals surface area contributed by atoms with Crippen LogP contribution in [0.15, 0.2) is 24.3 Å². The number of hydrazine groups is 1. The number of rotatable bonds is 5. The molecule has 1 fully saturated rings. The van der Waals surface area contributed by atoms with Crippen LogP contribution < -0.4 is 11.3 Å². The lowest BCUT2D eigenvalue weighted by molar-refractivity contribution is 0.217. The van der Waals surface area contributed by atoms with Gasteiger partial charge in [0.2, 0.25) is 0 Å². The maximum atomic E-state index is 6.24. The average Bonchev–Trinajstić information content (AvgIpc) is 2.47. The molecule has 0 radical (unpaired) electrons. The summed E-state index contributed by atoms with van der Waals surface area (Å²) in [5.41, 5.74) is 4.22. The largest absolute Gasteiger partial charge is 0.271 e. The Balaban J connectivity index is 1.95. The van der Waals surface area contributed by atoms with Gasteiger partial charge >= 0.3 is 0 Å². The van der Waals surface area contributed by atoms with E-state index in [0.717, 1.165) is 17.4 Å². The van der Waals surface area contributed by atoms with Crippen molar-refractivity contribution in [3.05, 3.63) is 34.9 Å². The van der Waals surface area contributed by atoms with Crippen LogP contribution in [0.1, 0.15) is 44.6 Å². The molecular weight excluding hydrogens is 256 g/mol. The molecule has 1 atom stereocenters. The molecule has 1 aromatic carbocycles. The zero-order valence-electron chi connectivity index (χ0n) is 11.7. The van der Waals surface area contributed by atoms with Gasteiger partial charge in [-0.05, 0) is 42.7 Å². The van der Waals surface area contributed by atoms with Crippen molar-refractivity contribution in [2.45, 2.75) is 51.5 Å². The molecule has 2 rings (SSSR count). The third kappa shape index (κ3) is 3.95. The lowest BCUT2D eigenvalue weighted by Crippen LogP contribution is -2.43. The van der Waals surface area contributed by atoms with E-state index < -0.39 is 0 Å². The van der Waals surface area contributed by atoms with E-state index in [1.54, 1.807) is 0 Å². The minimum absolute atomic E-state index is 0.345. The highest BCUT2D eigenvalue weighted by atomic mass is 35.5. The zero-order valence-corrected chi connectivity index (χ0v) is 12.5. The molecule has 0 amide bonds. The molecule has 1 aliphatic rings. The van der Waals surface area contributed by atoms with E-state index in [1.807, 2.05) is 18.2 Å². The van der Waals surface area contributed by atoms with Crippen molar-refractivity contribution >= 4 is 11.6 Å². The van der Waals surface area contributed by atoms with Crippen LogP contribution in [0.2, 0.25) is 5.02 Å². The Morgan fingerprint density at radius 2 is 1.95 bits per heavy atom. The van der Waals surface area contributed by atoms with Gasteiger partial charge in [0.15, 0.2) is 0 Å². The molecule has 2 nitrogen and oxygen atoms in total. The van der Waals surface area contributed by atoms with E-state index in [9.17, 15) is 0 Å². The first kappa shape index (κ1) is 14.8. The smallest absolute Gasteiger partial charge is 0.0438 e. The maximum absolute atomic E-state index is 6.24. The van der Waals surface area contributed by atoms with Crippen molar-refractivity contribution in [1.82, 2.24) is 5.43 Å². The predicted molar refractivity (Wildman–Crippen MR) is 82.0 cm³/mol. The summed E-state index contributed by atoms with van der Waals surface area (Å²) in [5, 5.41) is 0.852. The molecule has 1 unspecified atom stereocenters. The third-order valence-corrected chi connectivity index (χ3v) is 5.02. The summed E-state index contributed by atoms with van der Waals surface area (Å²) in [7, 11) is 0. The van der Waals surface area contributed by atoms with Crippen molar-refractivity contribution in [2.75, 3.05) is 0 Å². The molecule has 106 valence electrons. The summed E-state index contributed by atoms with van der Waals surface area (Å²) in [6.45, 7) is 2.30. The summed E-state index contributed by atoms with van der Waals surface area (Å²) in [4.78, 5) is 0. The highest BCUT2D eigenvalue weighted by molar-refractivity contribution is 6.31. The Morgan fingerprint density at radius 1 is 1.26 bits per heavy atom. The third-order valence-electron chi connectivity index (χ3n) is 4.65. The summed E-state index contributed by atoms with van der Waals surface area (Å²) in [5.74, 6) is 7.39. The Labute approximate surface area is 121 Å². The Bertz CT molecular complexity index is 386. The highest BCUT2D eigenvalue weighted by Crippen LogP contribution is 2.33. The number of halogens is 1. The molecule has 0 bridgehead atoms. The summed E-state index contributed by atoms with van der Waals surface area (Å²) in [6, 6.07) is 8.42. The quantitative estimate of drug-likeness (QED) is 0.633. The first-order chi connectivity index (χ1) is 9.24. The summed E-state index contributed by atoms with van der Waals surface area (Å²) in [6.07, 6.45) is 7.52. The van der Waals surface area contributed by atoms with Crippen LogP contribution in [0.5, 0.6) is 0 Å². The number of nitrogens with two attached hydrogens (primary N) is 1. The Hall–Kier alpha value is -0.570. The molecule has 1 aromatic rings. The number of nitrogens with one attached hydrogen (secondary N) is 1. The van der Waals surface area contributed by atoms with Gasteiger partial charge in [-0.15, -0.1) is 0 Å². The van der Waals surface area contributed by atoms with Crippen molar-refractivity contribution < 1.29 is 0 Å². The molecule has 0 aliphatic heterocycles. The van der Waals surface area contributed by atoms with Gasteiger partial charge in [-0.1, -0.05) is 56.0 Å². The van der Waals surface area contributed by atoms with Gasteiger partial charge in [0, 0.05) is 11.1 Å². The van der Waals surface area contributed by atoms with Gasteiger partial charge in [0.1, 0.15) is 0 Å². The second kappa shape index (κ2) is 7.28. The van der Waals surface area contributed by atoms with Crippen LogP contribution in [0.25, 0.3) is 0 Å². The fourth-order valence-corrected chi connectivity index (χ4v) is 3.47. The fourth-order valence-electron chi connectivity index (χ4n) is 3.26. The molecule has 3 heteroatoms. The molecule has 0 spiro atoms. The van der Waals surface area contributed by atoms with Gasteiger partial charge in [-0.3, -0.25) is 11.3 Å². The molecule has 3 N–H and O–H groups in total. The number of benzene rings is 1. The van der Waals surface area contributed by atoms with Crippen LogP contribution in [0.3, 0.4) is 0 Å². The van der Waals surface area contributed by atoms with Gasteiger partial charge in [-0.2, -0.15) is 0 Å². The van der Waals surface area contributed by atoms with E-state index >= 15 is 0 Å². The van der Waals surface area contributed by atoms with E-state index in [-0.39, 0.29) is 0 Å². The second-order valence-corrected chi connectivity index (χ2v) is 6.16. The minimum atomic E-state index is 0.345. The monoisotopic (exact) mass is 280 g/mol. The molecule has 0 heterocycles. The molecule has 1 aliphatic carbocycles. The minimum Gasteiger partial charge on any atom is -0.271 e. The van der Waals surface area contributed by atoms with Gasteiger partial charge < -0.3 is 0 Å². The molecular formula is C16H25ClN2. The standard InChI is InChI=1S/C16H25ClN2/c1-2-12-7-9-13(10-8-12)16(19-18)11-14-5-3-4-6-15(14)17/h3-6,12-13,16,19H,2,7-11,18H2,1H3. The predicted octanol–water partition coefficient (Wildman–Crippen LogP) is 3.93. The molecule has 1 saturated carbocycles. The van der Waals surface area contributed by atoms with E-state index in [1.165, 1.54) is 37.7 Å². The van der Waals surface area contributed by atoms with Crippen molar-refractivity contribution in [3.63, 3.8) is 0 Å². The summed E-state index contributed by atoms with van der Waals surface area (Å²) < 4.78 is 0. The van der Waals surface area contributed by atoms with E-state index in [4.69, 9.17) is 17.4 Å². The SMILES string of the molecule is CCC1CCC(C(Cc2ccccc2Cl)NN)CC1. The van der Waals surface area contributed by atoms with Crippen LogP contribution in [-0.2, 0) is 6.42 Å². The molecule has 0 saturated heterocycles. The number of hydrogen-bond donors (Lipinski definition) is 2. The highest BCUT2D eigenvalue weighted by Gasteiger charge is 2.26. The zero-order chi connectivity index (χ0) is 13.7. The topological polar surface area (TPSA) is 38.0 Å².